The minimum Gasteiger partial charge on any atom is -0.473 e. The van der Waals surface area contributed by atoms with E-state index in [1.54, 1.807) is 36.9 Å². The van der Waals surface area contributed by atoms with Gasteiger partial charge in [0.25, 0.3) is 5.91 Å². The fraction of sp³-hybridized carbons (Fsp3) is 0.150. The monoisotopic (exact) mass is 407 g/mol. The van der Waals surface area contributed by atoms with Crippen LogP contribution in [0.4, 0.5) is 4.79 Å². The van der Waals surface area contributed by atoms with E-state index in [4.69, 9.17) is 4.74 Å². The molecule has 8 nitrogen and oxygen atoms in total. The van der Waals surface area contributed by atoms with Gasteiger partial charge in [-0.2, -0.15) is 0 Å². The highest BCUT2D eigenvalue weighted by molar-refractivity contribution is 7.99. The minimum absolute atomic E-state index is 0.391. The fourth-order valence-corrected chi connectivity index (χ4v) is 3.74. The van der Waals surface area contributed by atoms with E-state index >= 15 is 0 Å². The number of nitrogens with zero attached hydrogens (tertiary/aromatic N) is 3. The van der Waals surface area contributed by atoms with Gasteiger partial charge in [0.2, 0.25) is 5.88 Å². The fourth-order valence-electron chi connectivity index (χ4n) is 2.83. The van der Waals surface area contributed by atoms with Gasteiger partial charge in [-0.15, -0.1) is 0 Å². The Kier molecular flexibility index (Phi) is 5.39. The van der Waals surface area contributed by atoms with Gasteiger partial charge >= 0.3 is 6.03 Å². The Morgan fingerprint density at radius 1 is 1.10 bits per heavy atom. The summed E-state index contributed by atoms with van der Waals surface area (Å²) in [6.07, 6.45) is 6.68. The van der Waals surface area contributed by atoms with Gasteiger partial charge in [0.05, 0.1) is 0 Å². The Morgan fingerprint density at radius 3 is 2.72 bits per heavy atom. The number of aryl methyl sites for hydroxylation is 1. The van der Waals surface area contributed by atoms with Crippen molar-refractivity contribution in [1.29, 1.82) is 0 Å². The molecule has 0 aliphatic carbocycles. The third-order valence-corrected chi connectivity index (χ3v) is 5.25. The Bertz CT molecular complexity index is 1060. The summed E-state index contributed by atoms with van der Waals surface area (Å²) in [5.41, 5.74) is 2.59. The molecule has 0 bridgehead atoms. The molecule has 29 heavy (non-hydrogen) atoms. The van der Waals surface area contributed by atoms with Crippen LogP contribution in [0.5, 0.6) is 5.88 Å². The van der Waals surface area contributed by atoms with E-state index in [-0.39, 0.29) is 0 Å². The summed E-state index contributed by atoms with van der Waals surface area (Å²) < 4.78 is 5.72. The van der Waals surface area contributed by atoms with Gasteiger partial charge in [-0.25, -0.2) is 9.78 Å². The Morgan fingerprint density at radius 2 is 2.00 bits per heavy atom. The molecule has 2 N–H and O–H groups in total. The first kappa shape index (κ1) is 18.9. The molecule has 1 atom stereocenters. The van der Waals surface area contributed by atoms with Crippen molar-refractivity contribution in [1.82, 2.24) is 25.6 Å². The number of carbonyl (C=O) groups is 2. The molecule has 1 unspecified atom stereocenters. The van der Waals surface area contributed by atoms with Gasteiger partial charge in [0, 0.05) is 51.9 Å². The van der Waals surface area contributed by atoms with Crippen LogP contribution in [0.2, 0.25) is 0 Å². The van der Waals surface area contributed by atoms with Crippen LogP contribution in [0.1, 0.15) is 22.9 Å². The average Bonchev–Trinajstić information content (AvgIpc) is 3.06. The number of pyridine rings is 3. The normalized spacial score (nSPS) is 15.7. The maximum atomic E-state index is 12.0. The molecule has 146 valence electrons. The molecule has 4 rings (SSSR count). The van der Waals surface area contributed by atoms with Crippen LogP contribution in [0.3, 0.4) is 0 Å². The molecule has 1 aliphatic rings. The predicted octanol–water partition coefficient (Wildman–Crippen LogP) is 2.79. The molecular formula is C20H17N5O3S. The lowest BCUT2D eigenvalue weighted by molar-refractivity contribution is -0.120. The average molecular weight is 407 g/mol. The summed E-state index contributed by atoms with van der Waals surface area (Å²) in [6.45, 7) is 2.34. The zero-order valence-electron chi connectivity index (χ0n) is 15.5. The number of ether oxygens (including phenoxy) is 1. The first-order chi connectivity index (χ1) is 14.1. The van der Waals surface area contributed by atoms with E-state index in [0.717, 1.165) is 21.0 Å². The van der Waals surface area contributed by atoms with Crippen molar-refractivity contribution in [3.8, 4) is 5.88 Å². The van der Waals surface area contributed by atoms with Crippen molar-refractivity contribution in [3.05, 3.63) is 71.9 Å². The van der Waals surface area contributed by atoms with Crippen LogP contribution >= 0.6 is 11.8 Å². The van der Waals surface area contributed by atoms with Crippen molar-refractivity contribution in [2.75, 3.05) is 0 Å². The SMILES string of the molecule is Cc1cc(COc2ccc(Sc3ccncc3C3NC(=O)NC3=O)cn2)ccn1. The predicted molar refractivity (Wildman–Crippen MR) is 105 cm³/mol. The lowest BCUT2D eigenvalue weighted by atomic mass is 10.1. The molecule has 3 aromatic rings. The number of hydrogen-bond acceptors (Lipinski definition) is 7. The van der Waals surface area contributed by atoms with E-state index in [0.29, 0.717) is 18.1 Å². The zero-order valence-corrected chi connectivity index (χ0v) is 16.3. The van der Waals surface area contributed by atoms with E-state index in [9.17, 15) is 9.59 Å². The topological polar surface area (TPSA) is 106 Å². The van der Waals surface area contributed by atoms with E-state index in [1.807, 2.05) is 25.1 Å². The number of urea groups is 1. The Balaban J connectivity index is 1.44. The summed E-state index contributed by atoms with van der Waals surface area (Å²) in [5, 5.41) is 4.83. The maximum Gasteiger partial charge on any atom is 0.322 e. The Hall–Kier alpha value is -3.46. The lowest BCUT2D eigenvalue weighted by Gasteiger charge is -2.12. The van der Waals surface area contributed by atoms with Crippen molar-refractivity contribution in [3.63, 3.8) is 0 Å². The quantitative estimate of drug-likeness (QED) is 0.605. The molecule has 0 saturated carbocycles. The van der Waals surface area contributed by atoms with Crippen molar-refractivity contribution in [2.24, 2.45) is 0 Å². The molecule has 3 amide bonds. The maximum absolute atomic E-state index is 12.0. The standard InChI is InChI=1S/C20H17N5O3S/c1-12-8-13(4-7-22-12)11-28-17-3-2-14(9-23-17)29-16-5-6-21-10-15(16)18-19(26)25-20(27)24-18/h2-10,18H,11H2,1H3,(H2,24,25,26,27). The van der Waals surface area contributed by atoms with Crippen LogP contribution in [0.15, 0.2) is 64.9 Å². The third kappa shape index (κ3) is 4.52. The third-order valence-electron chi connectivity index (χ3n) is 4.18. The first-order valence-electron chi connectivity index (χ1n) is 8.82. The summed E-state index contributed by atoms with van der Waals surface area (Å²) in [7, 11) is 0. The molecule has 3 aromatic heterocycles. The number of nitrogens with one attached hydrogen (secondary N) is 2. The molecule has 0 spiro atoms. The van der Waals surface area contributed by atoms with Crippen LogP contribution < -0.4 is 15.4 Å². The number of carbonyl (C=O) groups excluding carboxylic acids is 2. The van der Waals surface area contributed by atoms with Crippen LogP contribution in [0.25, 0.3) is 0 Å². The highest BCUT2D eigenvalue weighted by atomic mass is 32.2. The minimum atomic E-state index is -0.752. The van der Waals surface area contributed by atoms with Crippen molar-refractivity contribution in [2.45, 2.75) is 29.4 Å². The molecule has 9 heteroatoms. The van der Waals surface area contributed by atoms with E-state index < -0.39 is 18.0 Å². The van der Waals surface area contributed by atoms with Gasteiger partial charge < -0.3 is 10.1 Å². The van der Waals surface area contributed by atoms with Crippen LogP contribution in [0, 0.1) is 6.92 Å². The van der Waals surface area contributed by atoms with Crippen molar-refractivity contribution < 1.29 is 14.3 Å². The lowest BCUT2D eigenvalue weighted by Crippen LogP contribution is -2.22. The summed E-state index contributed by atoms with van der Waals surface area (Å²) in [5.74, 6) is 0.124. The molecule has 1 fully saturated rings. The van der Waals surface area contributed by atoms with Gasteiger partial charge in [-0.3, -0.25) is 20.1 Å². The molecular weight excluding hydrogens is 390 g/mol. The summed E-state index contributed by atoms with van der Waals surface area (Å²) in [4.78, 5) is 37.7. The second kappa shape index (κ2) is 8.27. The smallest absolute Gasteiger partial charge is 0.322 e. The van der Waals surface area contributed by atoms with E-state index in [1.165, 1.54) is 11.8 Å². The largest absolute Gasteiger partial charge is 0.473 e. The molecule has 1 aliphatic heterocycles. The second-order valence-electron chi connectivity index (χ2n) is 6.34. The molecule has 4 heterocycles. The Labute approximate surface area is 171 Å². The van der Waals surface area contributed by atoms with E-state index in [2.05, 4.69) is 25.6 Å². The second-order valence-corrected chi connectivity index (χ2v) is 7.45. The van der Waals surface area contributed by atoms with Gasteiger partial charge in [0.15, 0.2) is 0 Å². The summed E-state index contributed by atoms with van der Waals surface area (Å²) >= 11 is 1.43. The zero-order chi connectivity index (χ0) is 20.2. The number of hydrogen-bond donors (Lipinski definition) is 2. The number of rotatable bonds is 6. The van der Waals surface area contributed by atoms with Gasteiger partial charge in [0.1, 0.15) is 12.6 Å². The van der Waals surface area contributed by atoms with Gasteiger partial charge in [-0.1, -0.05) is 11.8 Å². The number of aromatic nitrogens is 3. The van der Waals surface area contributed by atoms with Crippen molar-refractivity contribution >= 4 is 23.7 Å². The summed E-state index contributed by atoms with van der Waals surface area (Å²) in [6, 6.07) is 8.09. The van der Waals surface area contributed by atoms with Gasteiger partial charge in [-0.05, 0) is 36.8 Å². The molecule has 0 aromatic carbocycles. The highest BCUT2D eigenvalue weighted by Gasteiger charge is 2.32. The number of amides is 3. The highest BCUT2D eigenvalue weighted by Crippen LogP contribution is 2.33. The first-order valence-corrected chi connectivity index (χ1v) is 9.63. The molecule has 1 saturated heterocycles. The van der Waals surface area contributed by atoms with Crippen LogP contribution in [-0.4, -0.2) is 26.9 Å². The van der Waals surface area contributed by atoms with Crippen LogP contribution in [-0.2, 0) is 11.4 Å². The number of imide groups is 1. The molecule has 0 radical (unpaired) electrons.